The van der Waals surface area contributed by atoms with Gasteiger partial charge in [0.05, 0.1) is 24.7 Å². The van der Waals surface area contributed by atoms with E-state index in [0.717, 1.165) is 25.7 Å². The van der Waals surface area contributed by atoms with Crippen molar-refractivity contribution in [1.82, 2.24) is 14.5 Å². The lowest BCUT2D eigenvalue weighted by atomic mass is 10.2. The summed E-state index contributed by atoms with van der Waals surface area (Å²) < 4.78 is 43.6. The summed E-state index contributed by atoms with van der Waals surface area (Å²) >= 11 is 0. The first-order chi connectivity index (χ1) is 16.4. The number of para-hydroxylation sites is 1. The first-order valence-electron chi connectivity index (χ1n) is 10.9. The van der Waals surface area contributed by atoms with Crippen molar-refractivity contribution < 1.29 is 27.1 Å². The molecular weight excluding hydrogens is 460 g/mol. The lowest BCUT2D eigenvalue weighted by Gasteiger charge is -2.19. The third-order valence-electron chi connectivity index (χ3n) is 5.60. The number of hydrogen-bond donors (Lipinski definition) is 1. The van der Waals surface area contributed by atoms with Gasteiger partial charge < -0.3 is 13.9 Å². The Morgan fingerprint density at radius 3 is 2.32 bits per heavy atom. The number of nitrogens with zero attached hydrogens (tertiary/aromatic N) is 3. The number of carbonyl (C=O) groups excluding carboxylic acids is 1. The highest BCUT2D eigenvalue weighted by molar-refractivity contribution is 7.89. The van der Waals surface area contributed by atoms with Crippen molar-refractivity contribution in [2.24, 2.45) is 0 Å². The molecule has 2 aromatic carbocycles. The van der Waals surface area contributed by atoms with Crippen molar-refractivity contribution in [3.05, 3.63) is 48.0 Å². The first kappa shape index (κ1) is 23.7. The molecule has 10 nitrogen and oxygen atoms in total. The third-order valence-corrected chi connectivity index (χ3v) is 7.51. The molecule has 1 aliphatic rings. The molecule has 3 aromatic rings. The van der Waals surface area contributed by atoms with Gasteiger partial charge in [0.25, 0.3) is 11.8 Å². The maximum absolute atomic E-state index is 12.9. The zero-order valence-corrected chi connectivity index (χ0v) is 19.8. The maximum atomic E-state index is 12.9. The molecule has 0 radical (unpaired) electrons. The van der Waals surface area contributed by atoms with Gasteiger partial charge in [0.2, 0.25) is 10.0 Å². The topological polar surface area (TPSA) is 124 Å². The Labute approximate surface area is 197 Å². The Bertz CT molecular complexity index is 1250. The molecule has 0 unspecified atom stereocenters. The summed E-state index contributed by atoms with van der Waals surface area (Å²) in [7, 11) is -0.571. The Hall–Kier alpha value is -3.44. The summed E-state index contributed by atoms with van der Waals surface area (Å²) in [6.45, 7) is 1.03. The molecule has 4 rings (SSSR count). The summed E-state index contributed by atoms with van der Waals surface area (Å²) in [4.78, 5) is 12.8. The zero-order chi connectivity index (χ0) is 24.1. The highest BCUT2D eigenvalue weighted by atomic mass is 32.2. The second kappa shape index (κ2) is 10.2. The predicted molar refractivity (Wildman–Crippen MR) is 124 cm³/mol. The number of hydrogen-bond acceptors (Lipinski definition) is 8. The molecule has 1 saturated heterocycles. The van der Waals surface area contributed by atoms with Gasteiger partial charge in [-0.25, -0.2) is 8.42 Å². The third kappa shape index (κ3) is 4.90. The number of carbonyl (C=O) groups is 1. The molecule has 0 saturated carbocycles. The van der Waals surface area contributed by atoms with Crippen LogP contribution in [-0.2, 0) is 10.0 Å². The van der Waals surface area contributed by atoms with Gasteiger partial charge in [-0.1, -0.05) is 24.0 Å². The summed E-state index contributed by atoms with van der Waals surface area (Å²) in [6.07, 6.45) is 3.78. The number of ether oxygens (including phenoxy) is 2. The van der Waals surface area contributed by atoms with E-state index in [2.05, 4.69) is 15.5 Å². The quantitative estimate of drug-likeness (QED) is 0.538. The monoisotopic (exact) mass is 486 g/mol. The van der Waals surface area contributed by atoms with E-state index in [1.54, 1.807) is 18.2 Å². The van der Waals surface area contributed by atoms with Gasteiger partial charge in [0.15, 0.2) is 11.5 Å². The van der Waals surface area contributed by atoms with Crippen LogP contribution in [0.2, 0.25) is 0 Å². The van der Waals surface area contributed by atoms with E-state index < -0.39 is 15.9 Å². The van der Waals surface area contributed by atoms with Crippen molar-refractivity contribution >= 4 is 21.9 Å². The second-order valence-electron chi connectivity index (χ2n) is 7.75. The molecule has 11 heteroatoms. The van der Waals surface area contributed by atoms with Gasteiger partial charge >= 0.3 is 6.01 Å². The van der Waals surface area contributed by atoms with Crippen LogP contribution in [-0.4, -0.2) is 56.1 Å². The van der Waals surface area contributed by atoms with Crippen molar-refractivity contribution in [2.75, 3.05) is 32.6 Å². The smallest absolute Gasteiger partial charge is 0.322 e. The first-order valence-corrected chi connectivity index (χ1v) is 12.3. The number of aromatic nitrogens is 2. The maximum Gasteiger partial charge on any atom is 0.322 e. The van der Waals surface area contributed by atoms with Crippen LogP contribution in [0.25, 0.3) is 11.5 Å². The van der Waals surface area contributed by atoms with E-state index in [1.165, 1.54) is 42.8 Å². The van der Waals surface area contributed by atoms with Gasteiger partial charge in [-0.2, -0.15) is 4.31 Å². The van der Waals surface area contributed by atoms with E-state index in [9.17, 15) is 13.2 Å². The molecule has 1 aliphatic heterocycles. The van der Waals surface area contributed by atoms with Crippen LogP contribution in [0.3, 0.4) is 0 Å². The van der Waals surface area contributed by atoms with Gasteiger partial charge in [-0.05, 0) is 49.2 Å². The van der Waals surface area contributed by atoms with E-state index in [0.29, 0.717) is 30.2 Å². The van der Waals surface area contributed by atoms with E-state index in [-0.39, 0.29) is 22.4 Å². The normalized spacial score (nSPS) is 14.9. The number of sulfonamides is 1. The lowest BCUT2D eigenvalue weighted by Crippen LogP contribution is -2.31. The fourth-order valence-corrected chi connectivity index (χ4v) is 5.33. The predicted octanol–water partition coefficient (Wildman–Crippen LogP) is 3.57. The van der Waals surface area contributed by atoms with Gasteiger partial charge in [-0.15, -0.1) is 5.10 Å². The number of amides is 1. The highest BCUT2D eigenvalue weighted by Gasteiger charge is 2.25. The van der Waals surface area contributed by atoms with Crippen LogP contribution >= 0.6 is 0 Å². The van der Waals surface area contributed by atoms with Crippen molar-refractivity contribution in [1.29, 1.82) is 0 Å². The molecule has 0 aliphatic carbocycles. The summed E-state index contributed by atoms with van der Waals surface area (Å²) in [5.41, 5.74) is 0.770. The second-order valence-corrected chi connectivity index (χ2v) is 9.69. The summed E-state index contributed by atoms with van der Waals surface area (Å²) in [5, 5.41) is 10.4. The average molecular weight is 487 g/mol. The number of rotatable bonds is 7. The van der Waals surface area contributed by atoms with Gasteiger partial charge in [0, 0.05) is 18.7 Å². The van der Waals surface area contributed by atoms with E-state index in [4.69, 9.17) is 13.9 Å². The molecular formula is C23H26N4O6S. The molecule has 0 atom stereocenters. The zero-order valence-electron chi connectivity index (χ0n) is 19.0. The SMILES string of the molecule is COc1cccc(-c2nnc(NC(=O)c3ccc(S(=O)(=O)N4CCCCCC4)cc3)o2)c1OC. The molecule has 0 bridgehead atoms. The number of benzene rings is 2. The standard InChI is InChI=1S/C23H26N4O6S/c1-31-19-9-7-8-18(20(19)32-2)22-25-26-23(33-22)24-21(28)16-10-12-17(13-11-16)34(29,30)27-14-5-3-4-6-15-27/h7-13H,3-6,14-15H2,1-2H3,(H,24,26,28). The minimum Gasteiger partial charge on any atom is -0.493 e. The number of methoxy groups -OCH3 is 2. The van der Waals surface area contributed by atoms with E-state index in [1.807, 2.05) is 0 Å². The Morgan fingerprint density at radius 1 is 0.971 bits per heavy atom. The fraction of sp³-hybridized carbons (Fsp3) is 0.348. The van der Waals surface area contributed by atoms with Crippen LogP contribution in [0.4, 0.5) is 6.01 Å². The molecule has 1 fully saturated rings. The van der Waals surface area contributed by atoms with Crippen LogP contribution < -0.4 is 14.8 Å². The van der Waals surface area contributed by atoms with Crippen LogP contribution in [0.1, 0.15) is 36.0 Å². The van der Waals surface area contributed by atoms with E-state index >= 15 is 0 Å². The van der Waals surface area contributed by atoms with Crippen molar-refractivity contribution in [3.63, 3.8) is 0 Å². The fourth-order valence-electron chi connectivity index (χ4n) is 3.82. The van der Waals surface area contributed by atoms with Crippen LogP contribution in [0.15, 0.2) is 51.8 Å². The minimum atomic E-state index is -3.59. The van der Waals surface area contributed by atoms with Gasteiger partial charge in [-0.3, -0.25) is 10.1 Å². The Morgan fingerprint density at radius 2 is 1.68 bits per heavy atom. The minimum absolute atomic E-state index is 0.105. The molecule has 1 amide bonds. The molecule has 1 N–H and O–H groups in total. The molecule has 180 valence electrons. The number of anilines is 1. The van der Waals surface area contributed by atoms with Crippen molar-refractivity contribution in [3.8, 4) is 23.0 Å². The molecule has 34 heavy (non-hydrogen) atoms. The Kier molecular flexibility index (Phi) is 7.13. The largest absolute Gasteiger partial charge is 0.493 e. The molecule has 1 aromatic heterocycles. The number of nitrogens with one attached hydrogen (secondary N) is 1. The van der Waals surface area contributed by atoms with Gasteiger partial charge in [0.1, 0.15) is 0 Å². The Balaban J connectivity index is 1.48. The molecule has 0 spiro atoms. The van der Waals surface area contributed by atoms with Crippen LogP contribution in [0.5, 0.6) is 11.5 Å². The summed E-state index contributed by atoms with van der Waals surface area (Å²) in [6, 6.07) is 10.9. The summed E-state index contributed by atoms with van der Waals surface area (Å²) in [5.74, 6) is 0.559. The molecule has 2 heterocycles. The average Bonchev–Trinajstić information content (AvgIpc) is 3.13. The van der Waals surface area contributed by atoms with Crippen molar-refractivity contribution in [2.45, 2.75) is 30.6 Å². The lowest BCUT2D eigenvalue weighted by molar-refractivity contribution is 0.102. The van der Waals surface area contributed by atoms with Crippen LogP contribution in [0, 0.1) is 0 Å². The highest BCUT2D eigenvalue weighted by Crippen LogP contribution is 2.37.